The molecule has 1 N–H and O–H groups in total. The summed E-state index contributed by atoms with van der Waals surface area (Å²) < 4.78 is 0. The van der Waals surface area contributed by atoms with Crippen LogP contribution in [0, 0.1) is 11.8 Å². The Bertz CT molecular complexity index is 1190. The fourth-order valence-corrected chi connectivity index (χ4v) is 5.03. The van der Waals surface area contributed by atoms with Crippen LogP contribution in [0.2, 0.25) is 0 Å². The van der Waals surface area contributed by atoms with Gasteiger partial charge in [-0.1, -0.05) is 48.6 Å². The van der Waals surface area contributed by atoms with Crippen molar-refractivity contribution in [1.82, 2.24) is 9.88 Å². The molecule has 1 aliphatic carbocycles. The van der Waals surface area contributed by atoms with Crippen LogP contribution in [0.5, 0.6) is 0 Å². The molecule has 1 saturated heterocycles. The molecule has 0 radical (unpaired) electrons. The number of carbonyl (C=O) groups excluding carboxylic acids is 3. The lowest BCUT2D eigenvalue weighted by Crippen LogP contribution is -2.34. The van der Waals surface area contributed by atoms with Crippen molar-refractivity contribution in [3.63, 3.8) is 0 Å². The Morgan fingerprint density at radius 3 is 2.48 bits per heavy atom. The molecule has 31 heavy (non-hydrogen) atoms. The summed E-state index contributed by atoms with van der Waals surface area (Å²) in [4.78, 5) is 43.2. The van der Waals surface area contributed by atoms with Crippen LogP contribution >= 0.6 is 11.3 Å². The third kappa shape index (κ3) is 3.77. The summed E-state index contributed by atoms with van der Waals surface area (Å²) in [6.45, 7) is 0.111. The van der Waals surface area contributed by atoms with Gasteiger partial charge in [0.15, 0.2) is 5.13 Å². The minimum absolute atomic E-state index is 0.0647. The molecular weight excluding hydrogens is 410 g/mol. The molecule has 1 aromatic heterocycles. The molecule has 5 rings (SSSR count). The van der Waals surface area contributed by atoms with Crippen LogP contribution in [0.4, 0.5) is 5.13 Å². The van der Waals surface area contributed by atoms with E-state index in [2.05, 4.69) is 34.6 Å². The summed E-state index contributed by atoms with van der Waals surface area (Å²) >= 11 is 1.35. The summed E-state index contributed by atoms with van der Waals surface area (Å²) in [6.07, 6.45) is 5.19. The van der Waals surface area contributed by atoms with Gasteiger partial charge in [0, 0.05) is 23.9 Å². The smallest absolute Gasteiger partial charge is 0.233 e. The molecule has 7 heteroatoms. The highest BCUT2D eigenvalue weighted by Gasteiger charge is 2.46. The van der Waals surface area contributed by atoms with E-state index in [1.807, 2.05) is 35.7 Å². The predicted octanol–water partition coefficient (Wildman–Crippen LogP) is 4.24. The normalized spacial score (nSPS) is 20.3. The molecule has 2 aliphatic rings. The van der Waals surface area contributed by atoms with Crippen LogP contribution in [-0.2, 0) is 14.4 Å². The number of nitrogens with zero attached hydrogens (tertiary/aromatic N) is 2. The van der Waals surface area contributed by atoms with Crippen molar-refractivity contribution in [2.24, 2.45) is 11.8 Å². The molecule has 1 fully saturated rings. The van der Waals surface area contributed by atoms with Crippen LogP contribution < -0.4 is 5.32 Å². The van der Waals surface area contributed by atoms with Gasteiger partial charge in [-0.25, -0.2) is 4.98 Å². The van der Waals surface area contributed by atoms with E-state index in [-0.39, 0.29) is 42.5 Å². The first-order valence-corrected chi connectivity index (χ1v) is 11.2. The number of imide groups is 1. The first-order valence-electron chi connectivity index (χ1n) is 10.3. The van der Waals surface area contributed by atoms with E-state index in [9.17, 15) is 14.4 Å². The van der Waals surface area contributed by atoms with Crippen LogP contribution in [0.15, 0.2) is 60.0 Å². The maximum absolute atomic E-state index is 12.5. The predicted molar refractivity (Wildman–Crippen MR) is 120 cm³/mol. The highest BCUT2D eigenvalue weighted by molar-refractivity contribution is 7.14. The van der Waals surface area contributed by atoms with Crippen molar-refractivity contribution in [3.8, 4) is 11.3 Å². The zero-order valence-corrected chi connectivity index (χ0v) is 17.6. The Morgan fingerprint density at radius 2 is 1.74 bits per heavy atom. The van der Waals surface area contributed by atoms with Crippen LogP contribution in [0.1, 0.15) is 19.3 Å². The number of benzene rings is 2. The molecule has 156 valence electrons. The Balaban J connectivity index is 1.21. The average Bonchev–Trinajstić information content (AvgIpc) is 3.35. The second-order valence-electron chi connectivity index (χ2n) is 7.88. The van der Waals surface area contributed by atoms with Crippen molar-refractivity contribution in [2.75, 3.05) is 11.9 Å². The summed E-state index contributed by atoms with van der Waals surface area (Å²) in [7, 11) is 0. The second kappa shape index (κ2) is 8.07. The van der Waals surface area contributed by atoms with E-state index in [1.54, 1.807) is 0 Å². The van der Waals surface area contributed by atoms with Crippen molar-refractivity contribution in [2.45, 2.75) is 19.3 Å². The molecule has 0 saturated carbocycles. The average molecular weight is 432 g/mol. The minimum atomic E-state index is -0.260. The molecule has 0 unspecified atom stereocenters. The van der Waals surface area contributed by atoms with Gasteiger partial charge in [-0.2, -0.15) is 0 Å². The lowest BCUT2D eigenvalue weighted by molar-refractivity contribution is -0.140. The standard InChI is InChI=1S/C24H21N3O3S/c28-21(11-12-27-22(29)18-7-3-4-8-19(18)23(27)30)26-24-25-20(14-31-24)17-10-9-15-5-1-2-6-16(15)13-17/h1-6,9-10,13-14,18-19H,7-8,11-12H2,(H,25,26,28)/t18-,19+. The van der Waals surface area contributed by atoms with Gasteiger partial charge in [0.25, 0.3) is 0 Å². The molecule has 2 atom stereocenters. The van der Waals surface area contributed by atoms with E-state index in [4.69, 9.17) is 0 Å². The van der Waals surface area contributed by atoms with Gasteiger partial charge in [-0.3, -0.25) is 19.3 Å². The van der Waals surface area contributed by atoms with E-state index >= 15 is 0 Å². The Morgan fingerprint density at radius 1 is 1.03 bits per heavy atom. The number of nitrogens with one attached hydrogen (secondary N) is 1. The number of hydrogen-bond donors (Lipinski definition) is 1. The van der Waals surface area contributed by atoms with Crippen molar-refractivity contribution < 1.29 is 14.4 Å². The third-order valence-electron chi connectivity index (χ3n) is 5.96. The maximum atomic E-state index is 12.5. The third-order valence-corrected chi connectivity index (χ3v) is 6.71. The SMILES string of the molecule is O=C(CCN1C(=O)[C@H]2CC=CC[C@H]2C1=O)Nc1nc(-c2ccc3ccccc3c2)cs1. The van der Waals surface area contributed by atoms with Gasteiger partial charge >= 0.3 is 0 Å². The molecule has 3 amide bonds. The van der Waals surface area contributed by atoms with Crippen molar-refractivity contribution >= 4 is 45.0 Å². The number of aromatic nitrogens is 1. The van der Waals surface area contributed by atoms with E-state index in [0.717, 1.165) is 22.0 Å². The Kier molecular flexibility index (Phi) is 5.11. The molecular formula is C24H21N3O3S. The summed E-state index contributed by atoms with van der Waals surface area (Å²) in [5.41, 5.74) is 1.78. The fraction of sp³-hybridized carbons (Fsp3) is 0.250. The topological polar surface area (TPSA) is 79.4 Å². The van der Waals surface area contributed by atoms with Gasteiger partial charge in [0.2, 0.25) is 17.7 Å². The molecule has 0 spiro atoms. The molecule has 2 heterocycles. The van der Waals surface area contributed by atoms with Crippen molar-refractivity contribution in [3.05, 3.63) is 60.0 Å². The zero-order chi connectivity index (χ0) is 21.4. The summed E-state index contributed by atoms with van der Waals surface area (Å²) in [5.74, 6) is -1.08. The van der Waals surface area contributed by atoms with Gasteiger partial charge < -0.3 is 5.32 Å². The molecule has 0 bridgehead atoms. The molecule has 3 aromatic rings. The van der Waals surface area contributed by atoms with Crippen LogP contribution in [0.3, 0.4) is 0 Å². The number of thiazole rings is 1. The van der Waals surface area contributed by atoms with Crippen LogP contribution in [0.25, 0.3) is 22.0 Å². The van der Waals surface area contributed by atoms with Crippen LogP contribution in [-0.4, -0.2) is 34.2 Å². The monoisotopic (exact) mass is 431 g/mol. The van der Waals surface area contributed by atoms with E-state index in [0.29, 0.717) is 18.0 Å². The molecule has 6 nitrogen and oxygen atoms in total. The minimum Gasteiger partial charge on any atom is -0.302 e. The largest absolute Gasteiger partial charge is 0.302 e. The number of amides is 3. The number of hydrogen-bond acceptors (Lipinski definition) is 5. The molecule has 1 aliphatic heterocycles. The number of rotatable bonds is 5. The van der Waals surface area contributed by atoms with Gasteiger partial charge in [0.05, 0.1) is 17.5 Å². The fourth-order valence-electron chi connectivity index (χ4n) is 4.30. The lowest BCUT2D eigenvalue weighted by Gasteiger charge is -2.14. The number of carbonyl (C=O) groups is 3. The van der Waals surface area contributed by atoms with E-state index < -0.39 is 0 Å². The van der Waals surface area contributed by atoms with E-state index in [1.165, 1.54) is 16.2 Å². The Hall–Kier alpha value is -3.32. The summed E-state index contributed by atoms with van der Waals surface area (Å²) in [5, 5.41) is 7.50. The number of likely N-dealkylation sites (tertiary alicyclic amines) is 1. The first kappa shape index (κ1) is 19.6. The number of allylic oxidation sites excluding steroid dienone is 2. The zero-order valence-electron chi connectivity index (χ0n) is 16.8. The number of anilines is 1. The quantitative estimate of drug-likeness (QED) is 0.484. The second-order valence-corrected chi connectivity index (χ2v) is 8.74. The lowest BCUT2D eigenvalue weighted by atomic mass is 9.85. The molecule has 2 aromatic carbocycles. The number of fused-ring (bicyclic) bond motifs is 2. The highest BCUT2D eigenvalue weighted by atomic mass is 32.1. The Labute approximate surface area is 183 Å². The van der Waals surface area contributed by atoms with Gasteiger partial charge in [0.1, 0.15) is 0 Å². The van der Waals surface area contributed by atoms with Crippen molar-refractivity contribution in [1.29, 1.82) is 0 Å². The first-order chi connectivity index (χ1) is 15.1. The van der Waals surface area contributed by atoms with Gasteiger partial charge in [-0.15, -0.1) is 11.3 Å². The van der Waals surface area contributed by atoms with Gasteiger partial charge in [-0.05, 0) is 29.7 Å². The maximum Gasteiger partial charge on any atom is 0.233 e. The summed E-state index contributed by atoms with van der Waals surface area (Å²) in [6, 6.07) is 14.3. The highest BCUT2D eigenvalue weighted by Crippen LogP contribution is 2.35.